The van der Waals surface area contributed by atoms with Crippen LogP contribution in [0.3, 0.4) is 0 Å². The lowest BCUT2D eigenvalue weighted by atomic mass is 10.2. The van der Waals surface area contributed by atoms with Crippen LogP contribution in [0, 0.1) is 0 Å². The zero-order valence-electron chi connectivity index (χ0n) is 15.6. The molecule has 0 atom stereocenters. The average Bonchev–Trinajstić information content (AvgIpc) is 3.48. The Hall–Kier alpha value is -2.71. The Morgan fingerprint density at radius 3 is 2.90 bits per heavy atom. The van der Waals surface area contributed by atoms with Crippen LogP contribution in [-0.4, -0.2) is 33.4 Å². The van der Waals surface area contributed by atoms with Gasteiger partial charge in [0.1, 0.15) is 0 Å². The van der Waals surface area contributed by atoms with Gasteiger partial charge >= 0.3 is 0 Å². The Morgan fingerprint density at radius 2 is 1.97 bits per heavy atom. The monoisotopic (exact) mass is 422 g/mol. The van der Waals surface area contributed by atoms with E-state index in [1.807, 2.05) is 41.3 Å². The summed E-state index contributed by atoms with van der Waals surface area (Å²) in [5, 5.41) is 9.68. The van der Waals surface area contributed by atoms with Crippen molar-refractivity contribution < 1.29 is 9.21 Å². The number of aryl methyl sites for hydroxylation is 2. The second-order valence-electron chi connectivity index (χ2n) is 6.75. The number of amides is 1. The molecule has 0 radical (unpaired) electrons. The number of para-hydroxylation sites is 2. The summed E-state index contributed by atoms with van der Waals surface area (Å²) in [4.78, 5) is 19.1. The molecule has 6 nitrogen and oxygen atoms in total. The van der Waals surface area contributed by atoms with E-state index < -0.39 is 0 Å². The van der Waals surface area contributed by atoms with E-state index in [1.165, 1.54) is 22.0 Å². The van der Waals surface area contributed by atoms with Gasteiger partial charge in [-0.2, -0.15) is 0 Å². The van der Waals surface area contributed by atoms with Crippen LogP contribution in [-0.2, 0) is 24.1 Å². The number of fused-ring (bicyclic) bond motifs is 2. The van der Waals surface area contributed by atoms with Crippen LogP contribution in [0.5, 0.6) is 0 Å². The molecule has 29 heavy (non-hydrogen) atoms. The van der Waals surface area contributed by atoms with Gasteiger partial charge in [-0.05, 0) is 30.2 Å². The standard InChI is InChI=1S/C21H18N4O2S2/c26-20(25-12-11-14-5-1-3-7-16(14)25)13-28-21-24-23-18(27-21)9-10-19-22-15-6-2-4-8-17(15)29-19/h1-8H,9-13H2. The number of benzene rings is 2. The Labute approximate surface area is 176 Å². The number of carbonyl (C=O) groups is 1. The highest BCUT2D eigenvalue weighted by molar-refractivity contribution is 7.99. The molecule has 0 saturated carbocycles. The van der Waals surface area contributed by atoms with E-state index in [2.05, 4.69) is 27.3 Å². The van der Waals surface area contributed by atoms with E-state index in [0.717, 1.165) is 35.6 Å². The number of rotatable bonds is 6. The molecule has 146 valence electrons. The van der Waals surface area contributed by atoms with Crippen LogP contribution in [0.4, 0.5) is 5.69 Å². The minimum absolute atomic E-state index is 0.0641. The van der Waals surface area contributed by atoms with Crippen molar-refractivity contribution in [2.75, 3.05) is 17.2 Å². The predicted molar refractivity (Wildman–Crippen MR) is 115 cm³/mol. The Morgan fingerprint density at radius 1 is 1.10 bits per heavy atom. The topological polar surface area (TPSA) is 72.1 Å². The van der Waals surface area contributed by atoms with Gasteiger partial charge < -0.3 is 9.32 Å². The molecule has 1 aliphatic heterocycles. The number of aromatic nitrogens is 3. The maximum absolute atomic E-state index is 12.6. The van der Waals surface area contributed by atoms with Gasteiger partial charge in [0, 0.05) is 25.1 Å². The molecular formula is C21H18N4O2S2. The summed E-state index contributed by atoms with van der Waals surface area (Å²) in [6.45, 7) is 0.732. The smallest absolute Gasteiger partial charge is 0.277 e. The lowest BCUT2D eigenvalue weighted by molar-refractivity contribution is -0.116. The van der Waals surface area contributed by atoms with Crippen molar-refractivity contribution in [1.29, 1.82) is 0 Å². The lowest BCUT2D eigenvalue weighted by Gasteiger charge is -2.16. The van der Waals surface area contributed by atoms with Gasteiger partial charge in [-0.25, -0.2) is 4.98 Å². The van der Waals surface area contributed by atoms with Crippen molar-refractivity contribution >= 4 is 44.9 Å². The summed E-state index contributed by atoms with van der Waals surface area (Å²) < 4.78 is 6.90. The van der Waals surface area contributed by atoms with Crippen molar-refractivity contribution in [3.63, 3.8) is 0 Å². The summed E-state index contributed by atoms with van der Waals surface area (Å²) in [5.41, 5.74) is 3.26. The summed E-state index contributed by atoms with van der Waals surface area (Å²) in [6.07, 6.45) is 2.30. The van der Waals surface area contributed by atoms with Crippen molar-refractivity contribution in [2.24, 2.45) is 0 Å². The fourth-order valence-electron chi connectivity index (χ4n) is 3.44. The average molecular weight is 423 g/mol. The number of thioether (sulfide) groups is 1. The van der Waals surface area contributed by atoms with Gasteiger partial charge in [-0.3, -0.25) is 4.79 Å². The summed E-state index contributed by atoms with van der Waals surface area (Å²) in [5.74, 6) is 0.924. The zero-order valence-corrected chi connectivity index (χ0v) is 17.2. The fraction of sp³-hybridized carbons (Fsp3) is 0.238. The van der Waals surface area contributed by atoms with Crippen LogP contribution in [0.15, 0.2) is 58.2 Å². The highest BCUT2D eigenvalue weighted by Gasteiger charge is 2.24. The molecule has 5 rings (SSSR count). The number of carbonyl (C=O) groups excluding carboxylic acids is 1. The number of anilines is 1. The van der Waals surface area contributed by atoms with E-state index >= 15 is 0 Å². The largest absolute Gasteiger partial charge is 0.416 e. The molecule has 3 heterocycles. The summed E-state index contributed by atoms with van der Waals surface area (Å²) >= 11 is 2.98. The van der Waals surface area contributed by atoms with Gasteiger partial charge in [0.05, 0.1) is 21.0 Å². The predicted octanol–water partition coefficient (Wildman–Crippen LogP) is 4.15. The SMILES string of the molecule is O=C(CSc1nnc(CCc2nc3ccccc3s2)o1)N1CCc2ccccc21. The van der Waals surface area contributed by atoms with Crippen LogP contribution < -0.4 is 4.90 Å². The molecular weight excluding hydrogens is 404 g/mol. The van der Waals surface area contributed by atoms with E-state index in [4.69, 9.17) is 4.42 Å². The van der Waals surface area contributed by atoms with E-state index in [0.29, 0.717) is 17.5 Å². The molecule has 2 aromatic carbocycles. The summed E-state index contributed by atoms with van der Waals surface area (Å²) in [6, 6.07) is 16.2. The third kappa shape index (κ3) is 3.90. The first-order valence-corrected chi connectivity index (χ1v) is 11.2. The third-order valence-electron chi connectivity index (χ3n) is 4.85. The highest BCUT2D eigenvalue weighted by atomic mass is 32.2. The van der Waals surface area contributed by atoms with Crippen molar-refractivity contribution in [1.82, 2.24) is 15.2 Å². The summed E-state index contributed by atoms with van der Waals surface area (Å²) in [7, 11) is 0. The minimum Gasteiger partial charge on any atom is -0.416 e. The molecule has 0 saturated heterocycles. The molecule has 0 aliphatic carbocycles. The van der Waals surface area contributed by atoms with Crippen molar-refractivity contribution in [2.45, 2.75) is 24.5 Å². The molecule has 0 fully saturated rings. The van der Waals surface area contributed by atoms with Crippen LogP contribution in [0.2, 0.25) is 0 Å². The molecule has 4 aromatic rings. The molecule has 1 amide bonds. The van der Waals surface area contributed by atoms with E-state index in [1.54, 1.807) is 11.3 Å². The molecule has 0 unspecified atom stereocenters. The maximum atomic E-state index is 12.6. The Balaban J connectivity index is 1.16. The van der Waals surface area contributed by atoms with Gasteiger partial charge in [-0.1, -0.05) is 42.1 Å². The molecule has 8 heteroatoms. The fourth-order valence-corrected chi connectivity index (χ4v) is 5.06. The normalized spacial score (nSPS) is 13.2. The van der Waals surface area contributed by atoms with E-state index in [9.17, 15) is 4.79 Å². The van der Waals surface area contributed by atoms with Crippen molar-refractivity contribution in [3.8, 4) is 0 Å². The second-order valence-corrected chi connectivity index (χ2v) is 8.79. The number of nitrogens with zero attached hydrogens (tertiary/aromatic N) is 4. The number of hydrogen-bond donors (Lipinski definition) is 0. The first-order chi connectivity index (χ1) is 14.3. The van der Waals surface area contributed by atoms with Gasteiger partial charge in [-0.15, -0.1) is 21.5 Å². The maximum Gasteiger partial charge on any atom is 0.277 e. The third-order valence-corrected chi connectivity index (χ3v) is 6.75. The molecule has 0 spiro atoms. The number of hydrogen-bond acceptors (Lipinski definition) is 7. The molecule has 0 bridgehead atoms. The minimum atomic E-state index is 0.0641. The first-order valence-electron chi connectivity index (χ1n) is 9.44. The molecule has 2 aromatic heterocycles. The molecule has 0 N–H and O–H groups in total. The highest BCUT2D eigenvalue weighted by Crippen LogP contribution is 2.29. The lowest BCUT2D eigenvalue weighted by Crippen LogP contribution is -2.30. The van der Waals surface area contributed by atoms with Crippen molar-refractivity contribution in [3.05, 3.63) is 65.0 Å². The van der Waals surface area contributed by atoms with Gasteiger partial charge in [0.15, 0.2) is 0 Å². The number of thiazole rings is 1. The quantitative estimate of drug-likeness (QED) is 0.435. The van der Waals surface area contributed by atoms with Gasteiger partial charge in [0.2, 0.25) is 11.8 Å². The first kappa shape index (κ1) is 18.3. The second kappa shape index (κ2) is 7.96. The molecule has 1 aliphatic rings. The van der Waals surface area contributed by atoms with E-state index in [-0.39, 0.29) is 11.7 Å². The Kier molecular flexibility index (Phi) is 5.03. The van der Waals surface area contributed by atoms with Crippen LogP contribution in [0.25, 0.3) is 10.2 Å². The Bertz CT molecular complexity index is 1140. The van der Waals surface area contributed by atoms with Crippen LogP contribution >= 0.6 is 23.1 Å². The van der Waals surface area contributed by atoms with Crippen LogP contribution in [0.1, 0.15) is 16.5 Å². The van der Waals surface area contributed by atoms with Gasteiger partial charge in [0.25, 0.3) is 5.22 Å². The zero-order chi connectivity index (χ0) is 19.6.